The fourth-order valence-electron chi connectivity index (χ4n) is 3.34. The minimum absolute atomic E-state index is 0.0671. The van der Waals surface area contributed by atoms with Crippen LogP contribution in [0.15, 0.2) is 24.3 Å². The number of carbonyl (C=O) groups is 2. The van der Waals surface area contributed by atoms with Gasteiger partial charge in [0.25, 0.3) is 11.8 Å². The Balaban J connectivity index is 1.73. The summed E-state index contributed by atoms with van der Waals surface area (Å²) in [6.07, 6.45) is 2.57. The molecule has 5 N–H and O–H groups in total. The molecule has 0 saturated carbocycles. The Morgan fingerprint density at radius 2 is 1.81 bits per heavy atom. The number of alkyl halides is 3. The molecule has 0 unspecified atom stereocenters. The number of nitrogens with two attached hydrogens (primary N) is 1. The average molecular weight is 536 g/mol. The molecule has 0 fully saturated rings. The molecule has 2 aromatic rings. The summed E-state index contributed by atoms with van der Waals surface area (Å²) in [5.41, 5.74) is 7.35. The highest BCUT2D eigenvalue weighted by Crippen LogP contribution is 2.38. The maximum absolute atomic E-state index is 12.6. The van der Waals surface area contributed by atoms with E-state index in [1.807, 2.05) is 0 Å². The van der Waals surface area contributed by atoms with Gasteiger partial charge in [0.05, 0.1) is 12.7 Å². The Bertz CT molecular complexity index is 1020. The number of anilines is 1. The number of hydrogen-bond acceptors (Lipinski definition) is 5. The molecule has 32 heavy (non-hydrogen) atoms. The Kier molecular flexibility index (Phi) is 8.11. The normalized spacial score (nSPS) is 14.1. The maximum atomic E-state index is 12.6. The second-order valence-electron chi connectivity index (χ2n) is 7.05. The zero-order valence-electron chi connectivity index (χ0n) is 17.0. The first-order valence-corrected chi connectivity index (χ1v) is 12.0. The molecule has 12 heteroatoms. The fourth-order valence-corrected chi connectivity index (χ4v) is 5.25. The van der Waals surface area contributed by atoms with Crippen LogP contribution < -0.4 is 26.4 Å². The number of primary amides is 1. The van der Waals surface area contributed by atoms with Gasteiger partial charge in [-0.25, -0.2) is 0 Å². The van der Waals surface area contributed by atoms with Gasteiger partial charge >= 0.3 is 0 Å². The number of thiophene rings is 1. The molecule has 7 nitrogen and oxygen atoms in total. The summed E-state index contributed by atoms with van der Waals surface area (Å²) in [5, 5.41) is 8.98. The highest BCUT2D eigenvalue weighted by atomic mass is 35.6. The second kappa shape index (κ2) is 10.4. The lowest BCUT2D eigenvalue weighted by molar-refractivity contribution is 0.0933. The van der Waals surface area contributed by atoms with E-state index in [1.54, 1.807) is 24.3 Å². The van der Waals surface area contributed by atoms with Crippen molar-refractivity contribution in [2.45, 2.75) is 35.6 Å². The van der Waals surface area contributed by atoms with Crippen molar-refractivity contribution in [3.63, 3.8) is 0 Å². The molecule has 0 bridgehead atoms. The zero-order chi connectivity index (χ0) is 23.5. The van der Waals surface area contributed by atoms with Crippen molar-refractivity contribution < 1.29 is 14.3 Å². The Morgan fingerprint density at radius 3 is 2.41 bits per heavy atom. The van der Waals surface area contributed by atoms with Gasteiger partial charge in [0.1, 0.15) is 16.9 Å². The molecule has 0 aliphatic heterocycles. The first kappa shape index (κ1) is 24.9. The molecule has 1 heterocycles. The van der Waals surface area contributed by atoms with Crippen LogP contribution in [0.4, 0.5) is 5.00 Å². The molecule has 2 amide bonds. The fraction of sp³-hybridized carbons (Fsp3) is 0.350. The minimum Gasteiger partial charge on any atom is -0.497 e. The summed E-state index contributed by atoms with van der Waals surface area (Å²) >= 11 is 25.0. The summed E-state index contributed by atoms with van der Waals surface area (Å²) in [7, 11) is 1.53. The Hall–Kier alpha value is -1.78. The highest BCUT2D eigenvalue weighted by Gasteiger charge is 2.35. The lowest BCUT2D eigenvalue weighted by Gasteiger charge is -2.27. The summed E-state index contributed by atoms with van der Waals surface area (Å²) in [6, 6.07) is 6.44. The van der Waals surface area contributed by atoms with E-state index in [4.69, 9.17) is 57.5 Å². The number of aryl methyl sites for hydroxylation is 1. The smallest absolute Gasteiger partial charge is 0.252 e. The van der Waals surface area contributed by atoms with Gasteiger partial charge in [-0.2, -0.15) is 0 Å². The van der Waals surface area contributed by atoms with Gasteiger partial charge in [-0.3, -0.25) is 9.59 Å². The SMILES string of the molecule is COc1ccc(C(=O)N[C@@H](NC(=S)Nc2sc3c(c2C(N)=O)CCCC3)C(Cl)(Cl)Cl)cc1. The number of methoxy groups -OCH3 is 1. The van der Waals surface area contributed by atoms with Crippen molar-refractivity contribution in [1.82, 2.24) is 10.6 Å². The number of fused-ring (bicyclic) bond motifs is 1. The van der Waals surface area contributed by atoms with E-state index >= 15 is 0 Å². The number of ether oxygens (including phenoxy) is 1. The molecule has 1 aromatic carbocycles. The van der Waals surface area contributed by atoms with Crippen LogP contribution in [0.5, 0.6) is 5.75 Å². The zero-order valence-corrected chi connectivity index (χ0v) is 20.9. The van der Waals surface area contributed by atoms with Crippen LogP contribution in [0.2, 0.25) is 0 Å². The van der Waals surface area contributed by atoms with Gasteiger partial charge < -0.3 is 26.4 Å². The van der Waals surface area contributed by atoms with E-state index in [1.165, 1.54) is 18.4 Å². The topological polar surface area (TPSA) is 105 Å². The largest absolute Gasteiger partial charge is 0.497 e. The third kappa shape index (κ3) is 5.96. The Labute approximate surface area is 209 Å². The van der Waals surface area contributed by atoms with Crippen molar-refractivity contribution in [2.24, 2.45) is 5.73 Å². The van der Waals surface area contributed by atoms with Crippen molar-refractivity contribution in [3.8, 4) is 5.75 Å². The first-order chi connectivity index (χ1) is 15.1. The van der Waals surface area contributed by atoms with Gasteiger partial charge in [-0.1, -0.05) is 34.8 Å². The van der Waals surface area contributed by atoms with E-state index < -0.39 is 21.8 Å². The lowest BCUT2D eigenvalue weighted by atomic mass is 9.95. The molecule has 172 valence electrons. The molecule has 0 spiro atoms. The number of benzene rings is 1. The number of rotatable bonds is 6. The average Bonchev–Trinajstić information content (AvgIpc) is 3.10. The number of halogens is 3. The second-order valence-corrected chi connectivity index (χ2v) is 10.9. The number of amides is 2. The predicted molar refractivity (Wildman–Crippen MR) is 133 cm³/mol. The van der Waals surface area contributed by atoms with Crippen LogP contribution in [-0.2, 0) is 12.8 Å². The number of thiocarbonyl (C=S) groups is 1. The molecule has 1 aliphatic carbocycles. The summed E-state index contributed by atoms with van der Waals surface area (Å²) < 4.78 is 3.16. The third-order valence-corrected chi connectivity index (χ3v) is 6.96. The number of nitrogens with one attached hydrogen (secondary N) is 3. The molecule has 0 radical (unpaired) electrons. The van der Waals surface area contributed by atoms with Crippen molar-refractivity contribution in [1.29, 1.82) is 0 Å². The van der Waals surface area contributed by atoms with Crippen molar-refractivity contribution >= 4 is 80.3 Å². The molecule has 1 atom stereocenters. The van der Waals surface area contributed by atoms with Crippen LogP contribution in [0.3, 0.4) is 0 Å². The van der Waals surface area contributed by atoms with E-state index in [0.29, 0.717) is 21.9 Å². The first-order valence-electron chi connectivity index (χ1n) is 9.63. The summed E-state index contributed by atoms with van der Waals surface area (Å²) in [5.74, 6) is -0.406. The van der Waals surface area contributed by atoms with Gasteiger partial charge in [0.15, 0.2) is 5.11 Å². The number of carbonyl (C=O) groups excluding carboxylic acids is 2. The van der Waals surface area contributed by atoms with E-state index in [9.17, 15) is 9.59 Å². The standard InChI is InChI=1S/C20H21Cl3N4O3S2/c1-30-11-8-6-10(7-9-11)16(29)25-18(20(21,22)23)27-19(31)26-17-14(15(24)28)12-4-2-3-5-13(12)32-17/h6-9,18H,2-5H2,1H3,(H2,24,28)(H,25,29)(H2,26,27,31)/t18-/m0/s1. The summed E-state index contributed by atoms with van der Waals surface area (Å²) in [6.45, 7) is 0. The molecular weight excluding hydrogens is 515 g/mol. The molecule has 1 aliphatic rings. The van der Waals surface area contributed by atoms with E-state index in [-0.39, 0.29) is 5.11 Å². The van der Waals surface area contributed by atoms with Gasteiger partial charge in [-0.15, -0.1) is 11.3 Å². The molecule has 0 saturated heterocycles. The quantitative estimate of drug-likeness (QED) is 0.252. The van der Waals surface area contributed by atoms with Crippen molar-refractivity contribution in [2.75, 3.05) is 12.4 Å². The van der Waals surface area contributed by atoms with E-state index in [2.05, 4.69) is 16.0 Å². The summed E-state index contributed by atoms with van der Waals surface area (Å²) in [4.78, 5) is 25.8. The monoisotopic (exact) mass is 534 g/mol. The molecule has 1 aromatic heterocycles. The third-order valence-electron chi connectivity index (χ3n) is 4.88. The lowest BCUT2D eigenvalue weighted by Crippen LogP contribution is -2.56. The van der Waals surface area contributed by atoms with Gasteiger partial charge in [0.2, 0.25) is 3.79 Å². The number of hydrogen-bond donors (Lipinski definition) is 4. The Morgan fingerprint density at radius 1 is 1.16 bits per heavy atom. The predicted octanol–water partition coefficient (Wildman–Crippen LogP) is 4.15. The van der Waals surface area contributed by atoms with Crippen LogP contribution in [0.25, 0.3) is 0 Å². The van der Waals surface area contributed by atoms with Crippen LogP contribution in [-0.4, -0.2) is 34.0 Å². The maximum Gasteiger partial charge on any atom is 0.252 e. The van der Waals surface area contributed by atoms with Crippen molar-refractivity contribution in [3.05, 3.63) is 45.8 Å². The molecular formula is C20H21Cl3N4O3S2. The van der Waals surface area contributed by atoms with Crippen LogP contribution >= 0.6 is 58.4 Å². The molecule has 3 rings (SSSR count). The van der Waals surface area contributed by atoms with Crippen LogP contribution in [0.1, 0.15) is 44.0 Å². The minimum atomic E-state index is -1.92. The van der Waals surface area contributed by atoms with E-state index in [0.717, 1.165) is 36.1 Å². The van der Waals surface area contributed by atoms with Gasteiger partial charge in [0, 0.05) is 10.4 Å². The highest BCUT2D eigenvalue weighted by molar-refractivity contribution is 7.80. The van der Waals surface area contributed by atoms with Crippen LogP contribution in [0, 0.1) is 0 Å². The van der Waals surface area contributed by atoms with Gasteiger partial charge in [-0.05, 0) is 67.7 Å².